The average molecular weight is 553 g/mol. The van der Waals surface area contributed by atoms with Crippen LogP contribution in [0.4, 0.5) is 11.4 Å². The monoisotopic (exact) mass is 552 g/mol. The van der Waals surface area contributed by atoms with Crippen molar-refractivity contribution in [3.8, 4) is 0 Å². The number of carbonyl (C=O) groups is 3. The van der Waals surface area contributed by atoms with Crippen LogP contribution in [0.3, 0.4) is 0 Å². The van der Waals surface area contributed by atoms with Crippen LogP contribution >= 0.6 is 0 Å². The molecule has 0 spiro atoms. The van der Waals surface area contributed by atoms with E-state index in [1.807, 2.05) is 25.1 Å². The van der Waals surface area contributed by atoms with E-state index in [2.05, 4.69) is 58.4 Å². The second-order valence-electron chi connectivity index (χ2n) is 12.3. The second-order valence-corrected chi connectivity index (χ2v) is 12.3. The highest BCUT2D eigenvalue weighted by Crippen LogP contribution is 2.42. The van der Waals surface area contributed by atoms with E-state index in [0.717, 1.165) is 54.6 Å². The first-order chi connectivity index (χ1) is 19.9. The van der Waals surface area contributed by atoms with Crippen molar-refractivity contribution in [1.82, 2.24) is 10.2 Å². The van der Waals surface area contributed by atoms with Gasteiger partial charge in [-0.05, 0) is 71.9 Å². The summed E-state index contributed by atoms with van der Waals surface area (Å²) in [7, 11) is 0. The molecule has 6 rings (SSSR count). The third kappa shape index (κ3) is 5.23. The molecule has 1 unspecified atom stereocenters. The number of hydrogen-bond donors (Lipinski definition) is 1. The van der Waals surface area contributed by atoms with Gasteiger partial charge in [0, 0.05) is 49.4 Å². The van der Waals surface area contributed by atoms with Crippen LogP contribution < -0.4 is 15.1 Å². The zero-order valence-corrected chi connectivity index (χ0v) is 24.2. The maximum Gasteiger partial charge on any atom is 0.259 e. The number of amides is 3. The van der Waals surface area contributed by atoms with E-state index in [0.29, 0.717) is 30.2 Å². The standard InChI is InChI=1S/C34H40N4O3/c1-3-6-30(32(40)35-23-39)38-29-14-11-25(27-7-4-8-28(31(27)29)33(38)41)21-24-9-12-26(13-10-24)37-19-17-36(18-20-37)22-34(2)15-5-16-34/h4,7-14,23,30H,3,5-6,15-22H2,1-2H3,(H,35,39,40). The quantitative estimate of drug-likeness (QED) is 0.353. The van der Waals surface area contributed by atoms with Gasteiger partial charge >= 0.3 is 0 Å². The normalized spacial score (nSPS) is 18.8. The fourth-order valence-corrected chi connectivity index (χ4v) is 7.02. The van der Waals surface area contributed by atoms with Crippen molar-refractivity contribution in [3.05, 3.63) is 71.3 Å². The lowest BCUT2D eigenvalue weighted by molar-refractivity contribution is -0.126. The highest BCUT2D eigenvalue weighted by atomic mass is 16.2. The summed E-state index contributed by atoms with van der Waals surface area (Å²) in [5, 5.41) is 4.17. The molecule has 3 amide bonds. The van der Waals surface area contributed by atoms with Gasteiger partial charge in [-0.25, -0.2) is 0 Å². The Bertz CT molecular complexity index is 1450. The van der Waals surface area contributed by atoms with Gasteiger partial charge in [0.15, 0.2) is 0 Å². The minimum atomic E-state index is -0.727. The van der Waals surface area contributed by atoms with Crippen LogP contribution in [-0.2, 0) is 16.0 Å². The third-order valence-corrected chi connectivity index (χ3v) is 9.43. The number of benzene rings is 3. The molecule has 1 saturated carbocycles. The van der Waals surface area contributed by atoms with Gasteiger partial charge < -0.3 is 4.90 Å². The molecular formula is C34H40N4O3. The fraction of sp³-hybridized carbons (Fsp3) is 0.441. The summed E-state index contributed by atoms with van der Waals surface area (Å²) in [6, 6.07) is 18.0. The number of nitrogens with one attached hydrogen (secondary N) is 1. The number of piperazine rings is 1. The van der Waals surface area contributed by atoms with Gasteiger partial charge in [0.25, 0.3) is 5.91 Å². The van der Waals surface area contributed by atoms with Crippen LogP contribution in [-0.4, -0.2) is 61.9 Å². The highest BCUT2D eigenvalue weighted by molar-refractivity contribution is 6.27. The molecule has 7 heteroatoms. The van der Waals surface area contributed by atoms with Crippen molar-refractivity contribution < 1.29 is 14.4 Å². The topological polar surface area (TPSA) is 73.0 Å². The van der Waals surface area contributed by atoms with E-state index in [4.69, 9.17) is 0 Å². The van der Waals surface area contributed by atoms with Gasteiger partial charge in [0.1, 0.15) is 6.04 Å². The van der Waals surface area contributed by atoms with Crippen molar-refractivity contribution in [2.45, 2.75) is 58.4 Å². The first kappa shape index (κ1) is 27.5. The van der Waals surface area contributed by atoms with E-state index in [9.17, 15) is 14.4 Å². The van der Waals surface area contributed by atoms with Crippen molar-refractivity contribution >= 4 is 40.4 Å². The maximum absolute atomic E-state index is 13.5. The maximum atomic E-state index is 13.5. The van der Waals surface area contributed by atoms with E-state index in [-0.39, 0.29) is 5.91 Å². The summed E-state index contributed by atoms with van der Waals surface area (Å²) >= 11 is 0. The van der Waals surface area contributed by atoms with Crippen molar-refractivity contribution in [3.63, 3.8) is 0 Å². The lowest BCUT2D eigenvalue weighted by atomic mass is 9.70. The zero-order chi connectivity index (χ0) is 28.6. The molecule has 2 aliphatic heterocycles. The van der Waals surface area contributed by atoms with Crippen LogP contribution in [0.15, 0.2) is 54.6 Å². The summed E-state index contributed by atoms with van der Waals surface area (Å²) in [6.45, 7) is 10.0. The SMILES string of the molecule is CCCC(C(=O)NC=O)N1C(=O)c2cccc3c(Cc4ccc(N5CCN(CC6(C)CCC6)CC5)cc4)ccc1c23. The molecular weight excluding hydrogens is 512 g/mol. The Morgan fingerprint density at radius 3 is 2.44 bits per heavy atom. The number of carbonyl (C=O) groups excluding carboxylic acids is 3. The molecule has 3 aromatic rings. The lowest BCUT2D eigenvalue weighted by Gasteiger charge is -2.45. The van der Waals surface area contributed by atoms with Crippen molar-refractivity contribution in [1.29, 1.82) is 0 Å². The molecule has 41 heavy (non-hydrogen) atoms. The molecule has 3 aromatic carbocycles. The van der Waals surface area contributed by atoms with Gasteiger partial charge in [-0.1, -0.05) is 57.0 Å². The summed E-state index contributed by atoms with van der Waals surface area (Å²) in [5.41, 5.74) is 5.54. The van der Waals surface area contributed by atoms with E-state index < -0.39 is 11.9 Å². The van der Waals surface area contributed by atoms with Crippen LogP contribution in [0.5, 0.6) is 0 Å². The summed E-state index contributed by atoms with van der Waals surface area (Å²) < 4.78 is 0. The summed E-state index contributed by atoms with van der Waals surface area (Å²) in [4.78, 5) is 43.9. The van der Waals surface area contributed by atoms with E-state index in [1.54, 1.807) is 4.90 Å². The van der Waals surface area contributed by atoms with Crippen LogP contribution in [0.1, 0.15) is 67.4 Å². The largest absolute Gasteiger partial charge is 0.369 e. The first-order valence-corrected chi connectivity index (χ1v) is 15.1. The predicted molar refractivity (Wildman–Crippen MR) is 164 cm³/mol. The molecule has 1 atom stereocenters. The molecule has 3 aliphatic rings. The zero-order valence-electron chi connectivity index (χ0n) is 24.2. The molecule has 1 aliphatic carbocycles. The van der Waals surface area contributed by atoms with Crippen molar-refractivity contribution in [2.75, 3.05) is 42.5 Å². The number of rotatable bonds is 10. The van der Waals surface area contributed by atoms with Gasteiger partial charge in [0.05, 0.1) is 5.69 Å². The first-order valence-electron chi connectivity index (χ1n) is 15.1. The molecule has 2 fully saturated rings. The smallest absolute Gasteiger partial charge is 0.259 e. The van der Waals surface area contributed by atoms with Crippen molar-refractivity contribution in [2.24, 2.45) is 5.41 Å². The van der Waals surface area contributed by atoms with Gasteiger partial charge in [-0.15, -0.1) is 0 Å². The molecule has 0 aromatic heterocycles. The Morgan fingerprint density at radius 1 is 1.02 bits per heavy atom. The fourth-order valence-electron chi connectivity index (χ4n) is 7.02. The molecule has 0 radical (unpaired) electrons. The Hall–Kier alpha value is -3.71. The second kappa shape index (κ2) is 11.3. The molecule has 2 heterocycles. The summed E-state index contributed by atoms with van der Waals surface area (Å²) in [5.74, 6) is -0.636. The number of imide groups is 1. The molecule has 0 bridgehead atoms. The average Bonchev–Trinajstić information content (AvgIpc) is 3.25. The molecule has 214 valence electrons. The molecule has 1 N–H and O–H groups in total. The predicted octanol–water partition coefficient (Wildman–Crippen LogP) is 5.14. The third-order valence-electron chi connectivity index (χ3n) is 9.43. The van der Waals surface area contributed by atoms with Crippen LogP contribution in [0.2, 0.25) is 0 Å². The van der Waals surface area contributed by atoms with Gasteiger partial charge in [-0.3, -0.25) is 29.5 Å². The number of nitrogens with zero attached hydrogens (tertiary/aromatic N) is 3. The summed E-state index contributed by atoms with van der Waals surface area (Å²) in [6.07, 6.45) is 6.47. The Morgan fingerprint density at radius 2 is 1.78 bits per heavy atom. The van der Waals surface area contributed by atoms with Crippen LogP contribution in [0.25, 0.3) is 10.8 Å². The number of anilines is 2. The van der Waals surface area contributed by atoms with E-state index in [1.165, 1.54) is 37.1 Å². The molecule has 1 saturated heterocycles. The molecule has 7 nitrogen and oxygen atoms in total. The van der Waals surface area contributed by atoms with E-state index >= 15 is 0 Å². The number of hydrogen-bond acceptors (Lipinski definition) is 5. The van der Waals surface area contributed by atoms with Gasteiger partial charge in [-0.2, -0.15) is 0 Å². The lowest BCUT2D eigenvalue weighted by Crippen LogP contribution is -2.50. The Kier molecular flexibility index (Phi) is 7.56. The van der Waals surface area contributed by atoms with Crippen LogP contribution in [0, 0.1) is 5.41 Å². The Balaban J connectivity index is 1.18. The minimum absolute atomic E-state index is 0.187. The Labute approximate surface area is 242 Å². The van der Waals surface area contributed by atoms with Gasteiger partial charge in [0.2, 0.25) is 12.3 Å². The highest BCUT2D eigenvalue weighted by Gasteiger charge is 2.38. The minimum Gasteiger partial charge on any atom is -0.369 e.